The molecule has 0 amide bonds. The summed E-state index contributed by atoms with van der Waals surface area (Å²) in [6.07, 6.45) is 1.71. The van der Waals surface area contributed by atoms with Crippen molar-refractivity contribution in [3.8, 4) is 11.3 Å². The minimum absolute atomic E-state index is 0.0129. The van der Waals surface area contributed by atoms with Crippen LogP contribution < -0.4 is 0 Å². The Labute approximate surface area is 153 Å². The first-order valence-electron chi connectivity index (χ1n) is 7.91. The van der Waals surface area contributed by atoms with Crippen LogP contribution in [0.5, 0.6) is 0 Å². The van der Waals surface area contributed by atoms with Crippen molar-refractivity contribution in [1.29, 1.82) is 0 Å². The molecule has 0 radical (unpaired) electrons. The van der Waals surface area contributed by atoms with E-state index >= 15 is 0 Å². The van der Waals surface area contributed by atoms with Crippen molar-refractivity contribution in [2.24, 2.45) is 0 Å². The minimum Gasteiger partial charge on any atom is -0.457 e. The molecule has 26 heavy (non-hydrogen) atoms. The number of furan rings is 1. The van der Waals surface area contributed by atoms with Crippen molar-refractivity contribution in [3.05, 3.63) is 86.5 Å². The zero-order chi connectivity index (χ0) is 18.3. The fourth-order valence-electron chi connectivity index (χ4n) is 2.83. The number of hydrogen-bond acceptors (Lipinski definition) is 5. The van der Waals surface area contributed by atoms with Gasteiger partial charge in [-0.15, -0.1) is 0 Å². The van der Waals surface area contributed by atoms with Crippen molar-refractivity contribution < 1.29 is 14.1 Å². The van der Waals surface area contributed by atoms with Crippen molar-refractivity contribution in [3.63, 3.8) is 0 Å². The van der Waals surface area contributed by atoms with Crippen LogP contribution in [0.1, 0.15) is 21.7 Å². The second-order valence-corrected chi connectivity index (χ2v) is 6.98. The first kappa shape index (κ1) is 16.4. The van der Waals surface area contributed by atoms with Gasteiger partial charge in [-0.05, 0) is 42.8 Å². The van der Waals surface area contributed by atoms with E-state index < -0.39 is 4.92 Å². The van der Waals surface area contributed by atoms with Gasteiger partial charge in [0.1, 0.15) is 11.5 Å². The van der Waals surface area contributed by atoms with Gasteiger partial charge in [0.2, 0.25) is 5.78 Å². The molecule has 1 aromatic heterocycles. The Morgan fingerprint density at radius 2 is 1.88 bits per heavy atom. The van der Waals surface area contributed by atoms with Crippen LogP contribution in [0.15, 0.2) is 68.8 Å². The Morgan fingerprint density at radius 1 is 1.08 bits per heavy atom. The Bertz CT molecular complexity index is 1080. The first-order chi connectivity index (χ1) is 12.5. The number of rotatable bonds is 3. The third-order valence-electron chi connectivity index (χ3n) is 4.17. The smallest absolute Gasteiger partial charge is 0.270 e. The van der Waals surface area contributed by atoms with Crippen LogP contribution >= 0.6 is 11.8 Å². The SMILES string of the molecule is Cc1ccc([N+](=O)[O-])cc1-c1ccc(/C=C2/Sc3ccccc3C2=O)o1. The van der Waals surface area contributed by atoms with E-state index in [-0.39, 0.29) is 11.5 Å². The van der Waals surface area contributed by atoms with E-state index in [2.05, 4.69) is 0 Å². The average Bonchev–Trinajstić information content (AvgIpc) is 3.21. The number of ketones is 1. The second kappa shape index (κ2) is 6.31. The zero-order valence-electron chi connectivity index (χ0n) is 13.8. The van der Waals surface area contributed by atoms with Crippen LogP contribution in [-0.4, -0.2) is 10.7 Å². The van der Waals surface area contributed by atoms with Crippen molar-refractivity contribution in [1.82, 2.24) is 0 Å². The number of carbonyl (C=O) groups is 1. The summed E-state index contributed by atoms with van der Waals surface area (Å²) in [5, 5.41) is 11.0. The lowest BCUT2D eigenvalue weighted by atomic mass is 10.1. The third kappa shape index (κ3) is 2.84. The number of aryl methyl sites for hydroxylation is 1. The molecule has 0 bridgehead atoms. The van der Waals surface area contributed by atoms with Gasteiger partial charge in [-0.25, -0.2) is 0 Å². The van der Waals surface area contributed by atoms with E-state index in [4.69, 9.17) is 4.42 Å². The standard InChI is InChI=1S/C20H13NO4S/c1-12-6-7-13(21(23)24)10-16(12)17-9-8-14(25-17)11-19-20(22)15-4-2-3-5-18(15)26-19/h2-11H,1H3/b19-11+. The molecule has 0 atom stereocenters. The lowest BCUT2D eigenvalue weighted by Gasteiger charge is -2.02. The molecule has 1 aliphatic rings. The summed E-state index contributed by atoms with van der Waals surface area (Å²) in [7, 11) is 0. The Hall–Kier alpha value is -3.12. The average molecular weight is 363 g/mol. The van der Waals surface area contributed by atoms with Gasteiger partial charge in [0, 0.05) is 28.2 Å². The summed E-state index contributed by atoms with van der Waals surface area (Å²) in [5.74, 6) is 1.05. The number of allylic oxidation sites excluding steroid dienone is 1. The summed E-state index contributed by atoms with van der Waals surface area (Å²) >= 11 is 1.42. The van der Waals surface area contributed by atoms with Gasteiger partial charge in [0.25, 0.3) is 5.69 Å². The number of nitro benzene ring substituents is 1. The van der Waals surface area contributed by atoms with Gasteiger partial charge in [-0.2, -0.15) is 0 Å². The summed E-state index contributed by atoms with van der Waals surface area (Å²) in [6.45, 7) is 1.87. The number of nitrogens with zero attached hydrogens (tertiary/aromatic N) is 1. The van der Waals surface area contributed by atoms with E-state index in [1.165, 1.54) is 23.9 Å². The number of fused-ring (bicyclic) bond motifs is 1. The van der Waals surface area contributed by atoms with Crippen molar-refractivity contribution >= 4 is 29.3 Å². The van der Waals surface area contributed by atoms with Gasteiger partial charge in [0.15, 0.2) is 0 Å². The van der Waals surface area contributed by atoms with E-state index in [1.54, 1.807) is 24.3 Å². The van der Waals surface area contributed by atoms with Gasteiger partial charge in [0.05, 0.1) is 9.83 Å². The quantitative estimate of drug-likeness (QED) is 0.349. The molecule has 3 aromatic rings. The molecule has 0 saturated heterocycles. The minimum atomic E-state index is -0.431. The maximum Gasteiger partial charge on any atom is 0.270 e. The van der Waals surface area contributed by atoms with Crippen LogP contribution in [0.3, 0.4) is 0 Å². The number of non-ortho nitro benzene ring substituents is 1. The first-order valence-corrected chi connectivity index (χ1v) is 8.73. The van der Waals surface area contributed by atoms with Gasteiger partial charge in [-0.1, -0.05) is 30.0 Å². The van der Waals surface area contributed by atoms with Gasteiger partial charge >= 0.3 is 0 Å². The van der Waals surface area contributed by atoms with E-state index in [9.17, 15) is 14.9 Å². The van der Waals surface area contributed by atoms with Crippen LogP contribution in [-0.2, 0) is 0 Å². The highest BCUT2D eigenvalue weighted by molar-refractivity contribution is 8.04. The Kier molecular flexibility index (Phi) is 3.97. The highest BCUT2D eigenvalue weighted by atomic mass is 32.2. The normalized spacial score (nSPS) is 14.7. The maximum atomic E-state index is 12.4. The molecule has 0 fully saturated rings. The fraction of sp³-hybridized carbons (Fsp3) is 0.0500. The molecular formula is C20H13NO4S. The number of thioether (sulfide) groups is 1. The van der Waals surface area contributed by atoms with E-state index in [0.717, 1.165) is 10.5 Å². The summed E-state index contributed by atoms with van der Waals surface area (Å²) in [5.41, 5.74) is 2.25. The van der Waals surface area contributed by atoms with E-state index in [1.807, 2.05) is 31.2 Å². The molecule has 2 heterocycles. The van der Waals surface area contributed by atoms with Crippen LogP contribution in [0.25, 0.3) is 17.4 Å². The Balaban J connectivity index is 1.67. The fourth-order valence-corrected chi connectivity index (χ4v) is 3.86. The molecule has 6 heteroatoms. The zero-order valence-corrected chi connectivity index (χ0v) is 14.6. The molecule has 0 N–H and O–H groups in total. The Morgan fingerprint density at radius 3 is 2.65 bits per heavy atom. The molecule has 1 aliphatic heterocycles. The van der Waals surface area contributed by atoms with Gasteiger partial charge < -0.3 is 4.42 Å². The lowest BCUT2D eigenvalue weighted by Crippen LogP contribution is -1.93. The van der Waals surface area contributed by atoms with E-state index in [0.29, 0.717) is 27.6 Å². The number of hydrogen-bond donors (Lipinski definition) is 0. The summed E-state index contributed by atoms with van der Waals surface area (Å²) < 4.78 is 5.83. The molecule has 2 aromatic carbocycles. The molecule has 4 rings (SSSR count). The third-order valence-corrected chi connectivity index (χ3v) is 5.27. The molecule has 0 unspecified atom stereocenters. The monoisotopic (exact) mass is 363 g/mol. The van der Waals surface area contributed by atoms with Crippen LogP contribution in [0.4, 0.5) is 5.69 Å². The maximum absolute atomic E-state index is 12.4. The highest BCUT2D eigenvalue weighted by Crippen LogP contribution is 2.41. The van der Waals surface area contributed by atoms with Crippen molar-refractivity contribution in [2.75, 3.05) is 0 Å². The summed E-state index contributed by atoms with van der Waals surface area (Å²) in [4.78, 5) is 24.6. The molecule has 0 saturated carbocycles. The second-order valence-electron chi connectivity index (χ2n) is 5.89. The molecule has 0 spiro atoms. The van der Waals surface area contributed by atoms with Crippen LogP contribution in [0, 0.1) is 17.0 Å². The number of nitro groups is 1. The van der Waals surface area contributed by atoms with Crippen LogP contribution in [0.2, 0.25) is 0 Å². The summed E-state index contributed by atoms with van der Waals surface area (Å²) in [6, 6.07) is 15.7. The number of Topliss-reactive ketones (excluding diaryl/α,β-unsaturated/α-hetero) is 1. The lowest BCUT2D eigenvalue weighted by molar-refractivity contribution is -0.384. The van der Waals surface area contributed by atoms with Crippen molar-refractivity contribution in [2.45, 2.75) is 11.8 Å². The molecule has 0 aliphatic carbocycles. The highest BCUT2D eigenvalue weighted by Gasteiger charge is 2.25. The predicted molar refractivity (Wildman–Crippen MR) is 100 cm³/mol. The predicted octanol–water partition coefficient (Wildman–Crippen LogP) is 5.49. The largest absolute Gasteiger partial charge is 0.457 e. The molecular weight excluding hydrogens is 350 g/mol. The van der Waals surface area contributed by atoms with Gasteiger partial charge in [-0.3, -0.25) is 14.9 Å². The number of carbonyl (C=O) groups excluding carboxylic acids is 1. The number of benzene rings is 2. The molecule has 5 nitrogen and oxygen atoms in total. The molecule has 128 valence electrons. The topological polar surface area (TPSA) is 73.3 Å².